The van der Waals surface area contributed by atoms with Crippen LogP contribution in [0.25, 0.3) is 16.7 Å². The number of fused-ring (bicyclic) bond motifs is 1. The Kier molecular flexibility index (Phi) is 6.33. The molecular weight excluding hydrogens is 496 g/mol. The van der Waals surface area contributed by atoms with Crippen molar-refractivity contribution in [3.05, 3.63) is 54.1 Å². The molecule has 13 heteroatoms. The summed E-state index contributed by atoms with van der Waals surface area (Å²) >= 11 is 0. The minimum absolute atomic E-state index is 0.0502. The van der Waals surface area contributed by atoms with Crippen LogP contribution in [0.2, 0.25) is 0 Å². The monoisotopic (exact) mass is 524 g/mol. The molecular formula is C24H28N8O4S. The van der Waals surface area contributed by atoms with Crippen molar-refractivity contribution in [3.8, 4) is 11.6 Å². The summed E-state index contributed by atoms with van der Waals surface area (Å²) < 4.78 is 37.5. The summed E-state index contributed by atoms with van der Waals surface area (Å²) in [4.78, 5) is 21.3. The van der Waals surface area contributed by atoms with Crippen LogP contribution in [-0.4, -0.2) is 89.0 Å². The van der Waals surface area contributed by atoms with Crippen LogP contribution in [0.5, 0.6) is 5.75 Å². The highest BCUT2D eigenvalue weighted by molar-refractivity contribution is 7.92. The van der Waals surface area contributed by atoms with E-state index in [-0.39, 0.29) is 16.5 Å². The molecule has 4 heterocycles. The van der Waals surface area contributed by atoms with Gasteiger partial charge in [-0.15, -0.1) is 0 Å². The van der Waals surface area contributed by atoms with Crippen LogP contribution in [0.3, 0.4) is 0 Å². The summed E-state index contributed by atoms with van der Waals surface area (Å²) in [5.41, 5.74) is 2.13. The molecule has 0 bridgehead atoms. The normalized spacial score (nSPS) is 14.8. The molecule has 0 aliphatic carbocycles. The van der Waals surface area contributed by atoms with E-state index in [1.54, 1.807) is 30.1 Å². The number of pyridine rings is 1. The summed E-state index contributed by atoms with van der Waals surface area (Å²) in [5.74, 6) is 0.709. The van der Waals surface area contributed by atoms with Gasteiger partial charge in [-0.05, 0) is 37.7 Å². The molecule has 3 aromatic heterocycles. The van der Waals surface area contributed by atoms with Gasteiger partial charge in [0, 0.05) is 44.8 Å². The number of hydrogen-bond donors (Lipinski definition) is 1. The molecule has 5 rings (SSSR count). The Morgan fingerprint density at radius 1 is 1.05 bits per heavy atom. The van der Waals surface area contributed by atoms with Gasteiger partial charge in [0.1, 0.15) is 16.3 Å². The molecule has 194 valence electrons. The van der Waals surface area contributed by atoms with E-state index in [9.17, 15) is 13.2 Å². The van der Waals surface area contributed by atoms with Crippen LogP contribution in [0.15, 0.2) is 47.9 Å². The van der Waals surface area contributed by atoms with E-state index in [4.69, 9.17) is 4.74 Å². The molecule has 12 nitrogen and oxygen atoms in total. The van der Waals surface area contributed by atoms with Gasteiger partial charge in [-0.2, -0.15) is 10.2 Å². The molecule has 37 heavy (non-hydrogen) atoms. The Morgan fingerprint density at radius 3 is 2.51 bits per heavy atom. The van der Waals surface area contributed by atoms with Crippen molar-refractivity contribution in [2.24, 2.45) is 7.05 Å². The van der Waals surface area contributed by atoms with Gasteiger partial charge in [0.05, 0.1) is 36.8 Å². The van der Waals surface area contributed by atoms with Gasteiger partial charge in [-0.3, -0.25) is 14.2 Å². The highest BCUT2D eigenvalue weighted by atomic mass is 32.2. The van der Waals surface area contributed by atoms with E-state index in [1.807, 2.05) is 24.9 Å². The fourth-order valence-corrected chi connectivity index (χ4v) is 5.36. The number of benzene rings is 1. The first-order chi connectivity index (χ1) is 17.7. The lowest BCUT2D eigenvalue weighted by molar-refractivity contribution is 0.0663. The number of anilines is 1. The van der Waals surface area contributed by atoms with Crippen molar-refractivity contribution in [1.82, 2.24) is 34.3 Å². The minimum Gasteiger partial charge on any atom is -0.494 e. The molecule has 1 amide bonds. The van der Waals surface area contributed by atoms with Crippen molar-refractivity contribution < 1.29 is 17.9 Å². The van der Waals surface area contributed by atoms with E-state index in [0.717, 1.165) is 24.0 Å². The molecule has 1 aliphatic heterocycles. The Labute approximate surface area is 214 Å². The minimum atomic E-state index is -4.02. The Bertz CT molecular complexity index is 1590. The average molecular weight is 525 g/mol. The standard InChI is InChI=1S/C24H28N8O4S/c1-16-11-21(25-14-19(16)24(33)31-9-7-29(2)8-10-31)32-15-18(13-27-32)37(34,35)28-22-20(36-4)6-5-17-12-26-30(3)23(17)22/h5-6,11-15,28H,7-10H2,1-4H3. The lowest BCUT2D eigenvalue weighted by Gasteiger charge is -2.32. The van der Waals surface area contributed by atoms with Crippen LogP contribution in [-0.2, 0) is 17.1 Å². The summed E-state index contributed by atoms with van der Waals surface area (Å²) in [5, 5.41) is 9.18. The molecule has 1 aromatic carbocycles. The average Bonchev–Trinajstić information content (AvgIpc) is 3.52. The number of methoxy groups -OCH3 is 1. The lowest BCUT2D eigenvalue weighted by Crippen LogP contribution is -2.47. The summed E-state index contributed by atoms with van der Waals surface area (Å²) in [6.45, 7) is 4.83. The van der Waals surface area contributed by atoms with Crippen molar-refractivity contribution in [1.29, 1.82) is 0 Å². The summed E-state index contributed by atoms with van der Waals surface area (Å²) in [6.07, 6.45) is 5.80. The Morgan fingerprint density at radius 2 is 1.81 bits per heavy atom. The fourth-order valence-electron chi connectivity index (χ4n) is 4.35. The highest BCUT2D eigenvalue weighted by Crippen LogP contribution is 2.34. The number of ether oxygens (including phenoxy) is 1. The van der Waals surface area contributed by atoms with Gasteiger partial charge in [-0.25, -0.2) is 18.1 Å². The number of aromatic nitrogens is 5. The number of likely N-dealkylation sites (N-methyl/N-ethyl adjacent to an activating group) is 1. The molecule has 0 radical (unpaired) electrons. The number of hydrogen-bond acceptors (Lipinski definition) is 8. The quantitative estimate of drug-likeness (QED) is 0.403. The first kappa shape index (κ1) is 24.7. The van der Waals surface area contributed by atoms with E-state index < -0.39 is 10.0 Å². The molecule has 0 spiro atoms. The lowest BCUT2D eigenvalue weighted by atomic mass is 10.1. The molecule has 0 saturated carbocycles. The number of aryl methyl sites for hydroxylation is 2. The number of piperazine rings is 1. The number of sulfonamides is 1. The first-order valence-electron chi connectivity index (χ1n) is 11.7. The third-order valence-corrected chi connectivity index (χ3v) is 7.85. The predicted octanol–water partition coefficient (Wildman–Crippen LogP) is 1.66. The van der Waals surface area contributed by atoms with Gasteiger partial charge in [0.25, 0.3) is 15.9 Å². The maximum atomic E-state index is 13.3. The molecule has 1 fully saturated rings. The van der Waals surface area contributed by atoms with Gasteiger partial charge < -0.3 is 14.5 Å². The van der Waals surface area contributed by atoms with E-state index in [1.165, 1.54) is 30.4 Å². The maximum Gasteiger partial charge on any atom is 0.265 e. The SMILES string of the molecule is COc1ccc2cnn(C)c2c1NS(=O)(=O)c1cnn(-c2cc(C)c(C(=O)N3CCN(C)CC3)cn2)c1. The van der Waals surface area contributed by atoms with E-state index in [0.29, 0.717) is 35.7 Å². The maximum absolute atomic E-state index is 13.3. The van der Waals surface area contributed by atoms with Crippen LogP contribution in [0, 0.1) is 6.92 Å². The molecule has 1 N–H and O–H groups in total. The van der Waals surface area contributed by atoms with Crippen LogP contribution in [0.4, 0.5) is 5.69 Å². The predicted molar refractivity (Wildman–Crippen MR) is 138 cm³/mol. The van der Waals surface area contributed by atoms with E-state index >= 15 is 0 Å². The number of carbonyl (C=O) groups excluding carboxylic acids is 1. The molecule has 0 atom stereocenters. The largest absolute Gasteiger partial charge is 0.494 e. The zero-order chi connectivity index (χ0) is 26.3. The fraction of sp³-hybridized carbons (Fsp3) is 0.333. The zero-order valence-corrected chi connectivity index (χ0v) is 21.9. The van der Waals surface area contributed by atoms with Crippen LogP contribution < -0.4 is 9.46 Å². The third-order valence-electron chi connectivity index (χ3n) is 6.54. The smallest absolute Gasteiger partial charge is 0.265 e. The second-order valence-electron chi connectivity index (χ2n) is 9.03. The van der Waals surface area contributed by atoms with Gasteiger partial charge in [0.2, 0.25) is 0 Å². The first-order valence-corrected chi connectivity index (χ1v) is 13.2. The topological polar surface area (TPSA) is 127 Å². The van der Waals surface area contributed by atoms with Crippen molar-refractivity contribution in [2.45, 2.75) is 11.8 Å². The number of amides is 1. The molecule has 1 aliphatic rings. The highest BCUT2D eigenvalue weighted by Gasteiger charge is 2.24. The molecule has 1 saturated heterocycles. The summed E-state index contributed by atoms with van der Waals surface area (Å²) in [7, 11) is 1.22. The number of carbonyl (C=O) groups is 1. The van der Waals surface area contributed by atoms with Crippen LogP contribution in [0.1, 0.15) is 15.9 Å². The summed E-state index contributed by atoms with van der Waals surface area (Å²) in [6, 6.07) is 5.21. The third kappa shape index (κ3) is 4.62. The van der Waals surface area contributed by atoms with Gasteiger partial charge >= 0.3 is 0 Å². The van der Waals surface area contributed by atoms with Crippen LogP contribution >= 0.6 is 0 Å². The molecule has 4 aromatic rings. The van der Waals surface area contributed by atoms with Gasteiger partial charge in [0.15, 0.2) is 5.82 Å². The Balaban J connectivity index is 1.40. The second-order valence-corrected chi connectivity index (χ2v) is 10.7. The van der Waals surface area contributed by atoms with Crippen molar-refractivity contribution >= 4 is 32.5 Å². The second kappa shape index (κ2) is 9.48. The molecule has 0 unspecified atom stereocenters. The van der Waals surface area contributed by atoms with Gasteiger partial charge in [-0.1, -0.05) is 0 Å². The van der Waals surface area contributed by atoms with Crippen molar-refractivity contribution in [2.75, 3.05) is 45.1 Å². The van der Waals surface area contributed by atoms with E-state index in [2.05, 4.69) is 24.8 Å². The van der Waals surface area contributed by atoms with Crippen molar-refractivity contribution in [3.63, 3.8) is 0 Å². The Hall–Kier alpha value is -3.97. The number of nitrogens with zero attached hydrogens (tertiary/aromatic N) is 7. The number of rotatable bonds is 6. The zero-order valence-electron chi connectivity index (χ0n) is 21.0. The number of nitrogens with one attached hydrogen (secondary N) is 1.